The number of benzene rings is 3. The Kier molecular flexibility index (Phi) is 10.4. The molecule has 0 fully saturated rings. The van der Waals surface area contributed by atoms with Crippen molar-refractivity contribution in [1.82, 2.24) is 0 Å². The quantitative estimate of drug-likeness (QED) is 0.0969. The fraction of sp³-hybridized carbons (Fsp3) is 0.241. The van der Waals surface area contributed by atoms with E-state index in [0.29, 0.717) is 23.4 Å². The van der Waals surface area contributed by atoms with Crippen molar-refractivity contribution in [3.05, 3.63) is 83.4 Å². The molecule has 3 rings (SSSR count). The molecule has 0 amide bonds. The second-order valence-corrected chi connectivity index (χ2v) is 8.60. The molecule has 3 aromatic rings. The minimum Gasteiger partial charge on any atom is -0.493 e. The summed E-state index contributed by atoms with van der Waals surface area (Å²) >= 11 is 0. The molecule has 4 N–H and O–H groups in total. The summed E-state index contributed by atoms with van der Waals surface area (Å²) in [6, 6.07) is 15.8. The van der Waals surface area contributed by atoms with Gasteiger partial charge in [0.2, 0.25) is 0 Å². The van der Waals surface area contributed by atoms with Gasteiger partial charge in [-0.2, -0.15) is 13.2 Å². The lowest BCUT2D eigenvalue weighted by molar-refractivity contribution is -0.138. The molecule has 0 saturated heterocycles. The number of hydrogen-bond donors (Lipinski definition) is 2. The molecule has 0 atom stereocenters. The van der Waals surface area contributed by atoms with Crippen molar-refractivity contribution in [1.29, 1.82) is 0 Å². The van der Waals surface area contributed by atoms with Crippen molar-refractivity contribution in [2.45, 2.75) is 25.4 Å². The molecule has 0 aliphatic carbocycles. The van der Waals surface area contributed by atoms with Crippen molar-refractivity contribution >= 4 is 29.4 Å². The number of nitrogens with two attached hydrogens (primary N) is 2. The van der Waals surface area contributed by atoms with Crippen LogP contribution in [-0.4, -0.2) is 38.4 Å². The van der Waals surface area contributed by atoms with E-state index in [2.05, 4.69) is 0 Å². The number of halogens is 3. The van der Waals surface area contributed by atoms with Crippen LogP contribution in [-0.2, 0) is 16.0 Å². The Morgan fingerprint density at radius 3 is 2.35 bits per heavy atom. The molecule has 8 nitrogen and oxygen atoms in total. The fourth-order valence-electron chi connectivity index (χ4n) is 3.50. The second kappa shape index (κ2) is 13.9. The third-order valence-corrected chi connectivity index (χ3v) is 5.55. The first-order valence-corrected chi connectivity index (χ1v) is 12.2. The van der Waals surface area contributed by atoms with Gasteiger partial charge in [-0.15, -0.1) is 0 Å². The number of nitrogen functional groups attached to an aromatic ring is 2. The SMILES string of the molecule is COc1cc(C(=O)Oc2ccc(/C=C/C(=O)OCCc3ccc(N)cc3N)cc2)ccc1OCCCC(F)(F)F. The predicted octanol–water partition coefficient (Wildman–Crippen LogP) is 5.60. The third-order valence-electron chi connectivity index (χ3n) is 5.55. The third kappa shape index (κ3) is 9.57. The monoisotopic (exact) mass is 558 g/mol. The van der Waals surface area contributed by atoms with Crippen LogP contribution in [0.3, 0.4) is 0 Å². The van der Waals surface area contributed by atoms with Crippen molar-refractivity contribution in [2.24, 2.45) is 0 Å². The van der Waals surface area contributed by atoms with Gasteiger partial charge < -0.3 is 30.4 Å². The summed E-state index contributed by atoms with van der Waals surface area (Å²) in [7, 11) is 1.35. The lowest BCUT2D eigenvalue weighted by atomic mass is 10.1. The van der Waals surface area contributed by atoms with Crippen LogP contribution in [0.1, 0.15) is 34.3 Å². The summed E-state index contributed by atoms with van der Waals surface area (Å²) in [4.78, 5) is 24.6. The smallest absolute Gasteiger partial charge is 0.389 e. The Labute approximate surface area is 229 Å². The van der Waals surface area contributed by atoms with E-state index in [4.69, 9.17) is 30.4 Å². The number of alkyl halides is 3. The van der Waals surface area contributed by atoms with Crippen LogP contribution in [0.5, 0.6) is 17.2 Å². The maximum atomic E-state index is 12.6. The molecule has 0 unspecified atom stereocenters. The average molecular weight is 559 g/mol. The molecule has 212 valence electrons. The molecule has 40 heavy (non-hydrogen) atoms. The lowest BCUT2D eigenvalue weighted by Gasteiger charge is -2.12. The average Bonchev–Trinajstić information content (AvgIpc) is 2.91. The first kappa shape index (κ1) is 29.9. The van der Waals surface area contributed by atoms with E-state index in [9.17, 15) is 22.8 Å². The highest BCUT2D eigenvalue weighted by Crippen LogP contribution is 2.29. The van der Waals surface area contributed by atoms with Crippen LogP contribution in [0.25, 0.3) is 6.08 Å². The number of methoxy groups -OCH3 is 1. The summed E-state index contributed by atoms with van der Waals surface area (Å²) in [5.74, 6) is -0.532. The van der Waals surface area contributed by atoms with Gasteiger partial charge in [-0.3, -0.25) is 0 Å². The fourth-order valence-corrected chi connectivity index (χ4v) is 3.50. The molecule has 0 aromatic heterocycles. The molecule has 0 radical (unpaired) electrons. The first-order valence-electron chi connectivity index (χ1n) is 12.2. The predicted molar refractivity (Wildman–Crippen MR) is 144 cm³/mol. The van der Waals surface area contributed by atoms with Gasteiger partial charge in [-0.1, -0.05) is 18.2 Å². The Balaban J connectivity index is 1.48. The van der Waals surface area contributed by atoms with E-state index in [1.807, 2.05) is 0 Å². The van der Waals surface area contributed by atoms with Gasteiger partial charge in [-0.05, 0) is 66.1 Å². The number of carbonyl (C=O) groups is 2. The zero-order chi connectivity index (χ0) is 29.1. The number of esters is 2. The molecule has 11 heteroatoms. The standard InChI is InChI=1S/C29H29F3N2O6/c1-37-26-17-21(7-11-25(26)38-15-2-14-29(30,31)32)28(36)40-23-9-3-19(4-10-23)5-12-27(35)39-16-13-20-6-8-22(33)18-24(20)34/h3-12,17-18H,2,13-16,33-34H2,1H3/b12-5+. The highest BCUT2D eigenvalue weighted by atomic mass is 19.4. The lowest BCUT2D eigenvalue weighted by Crippen LogP contribution is -2.11. The van der Waals surface area contributed by atoms with Crippen LogP contribution in [0, 0.1) is 0 Å². The van der Waals surface area contributed by atoms with Gasteiger partial charge in [0.25, 0.3) is 0 Å². The Morgan fingerprint density at radius 2 is 1.68 bits per heavy atom. The minimum atomic E-state index is -4.25. The highest BCUT2D eigenvalue weighted by Gasteiger charge is 2.26. The van der Waals surface area contributed by atoms with E-state index < -0.39 is 24.5 Å². The second-order valence-electron chi connectivity index (χ2n) is 8.60. The molecule has 0 aliphatic heterocycles. The summed E-state index contributed by atoms with van der Waals surface area (Å²) in [5, 5.41) is 0. The minimum absolute atomic E-state index is 0.155. The van der Waals surface area contributed by atoms with Crippen molar-refractivity contribution in [3.8, 4) is 17.2 Å². The molecule has 0 heterocycles. The highest BCUT2D eigenvalue weighted by molar-refractivity contribution is 5.92. The molecule has 0 spiro atoms. The number of rotatable bonds is 12. The molecule has 0 saturated carbocycles. The number of anilines is 2. The summed E-state index contributed by atoms with van der Waals surface area (Å²) in [6.45, 7) is -0.000939. The van der Waals surface area contributed by atoms with E-state index in [1.54, 1.807) is 48.5 Å². The van der Waals surface area contributed by atoms with Gasteiger partial charge in [0.15, 0.2) is 11.5 Å². The van der Waals surface area contributed by atoms with Gasteiger partial charge in [0, 0.05) is 30.3 Å². The Hall–Kier alpha value is -4.67. The van der Waals surface area contributed by atoms with Gasteiger partial charge >= 0.3 is 18.1 Å². The number of carbonyl (C=O) groups excluding carboxylic acids is 2. The van der Waals surface area contributed by atoms with Crippen LogP contribution >= 0.6 is 0 Å². The van der Waals surface area contributed by atoms with E-state index in [0.717, 1.165) is 5.56 Å². The summed E-state index contributed by atoms with van der Waals surface area (Å²) in [5.41, 5.74) is 14.3. The van der Waals surface area contributed by atoms with Gasteiger partial charge in [-0.25, -0.2) is 9.59 Å². The zero-order valence-corrected chi connectivity index (χ0v) is 21.7. The maximum Gasteiger partial charge on any atom is 0.389 e. The maximum absolute atomic E-state index is 12.6. The number of hydrogen-bond acceptors (Lipinski definition) is 8. The molecular formula is C29H29F3N2O6. The van der Waals surface area contributed by atoms with Crippen molar-refractivity contribution in [3.63, 3.8) is 0 Å². The first-order chi connectivity index (χ1) is 19.0. The van der Waals surface area contributed by atoms with E-state index >= 15 is 0 Å². The number of ether oxygens (including phenoxy) is 4. The van der Waals surface area contributed by atoms with Crippen LogP contribution in [0.15, 0.2) is 66.7 Å². The van der Waals surface area contributed by atoms with E-state index in [-0.39, 0.29) is 42.4 Å². The van der Waals surface area contributed by atoms with Crippen molar-refractivity contribution in [2.75, 3.05) is 31.8 Å². The van der Waals surface area contributed by atoms with Gasteiger partial charge in [0.1, 0.15) is 5.75 Å². The Morgan fingerprint density at radius 1 is 0.925 bits per heavy atom. The van der Waals surface area contributed by atoms with E-state index in [1.165, 1.54) is 31.4 Å². The molecule has 3 aromatic carbocycles. The van der Waals surface area contributed by atoms with Crippen LogP contribution in [0.4, 0.5) is 24.5 Å². The van der Waals surface area contributed by atoms with Crippen LogP contribution in [0.2, 0.25) is 0 Å². The Bertz CT molecular complexity index is 1340. The summed E-state index contributed by atoms with van der Waals surface area (Å²) < 4.78 is 58.0. The normalized spacial score (nSPS) is 11.3. The topological polar surface area (TPSA) is 123 Å². The zero-order valence-electron chi connectivity index (χ0n) is 21.7. The largest absolute Gasteiger partial charge is 0.493 e. The molecule has 0 aliphatic rings. The summed E-state index contributed by atoms with van der Waals surface area (Å²) in [6.07, 6.45) is -2.12. The van der Waals surface area contributed by atoms with Gasteiger partial charge in [0.05, 0.1) is 25.9 Å². The van der Waals surface area contributed by atoms with Crippen molar-refractivity contribution < 1.29 is 41.7 Å². The molecular weight excluding hydrogens is 529 g/mol. The molecule has 0 bridgehead atoms. The van der Waals surface area contributed by atoms with Crippen LogP contribution < -0.4 is 25.7 Å².